The average molecular weight is 360 g/mol. The van der Waals surface area contributed by atoms with Crippen molar-refractivity contribution in [3.05, 3.63) is 0 Å². The molecule has 11 nitrogen and oxygen atoms in total. The van der Waals surface area contributed by atoms with E-state index in [4.69, 9.17) is 5.11 Å². The molecule has 1 aliphatic rings. The summed E-state index contributed by atoms with van der Waals surface area (Å²) in [4.78, 5) is 46.4. The molecule has 0 spiro atoms. The molecule has 1 heterocycles. The number of rotatable bonds is 9. The zero-order valence-electron chi connectivity index (χ0n) is 13.8. The molecule has 0 bridgehead atoms. The first-order valence-corrected chi connectivity index (χ1v) is 7.88. The van der Waals surface area contributed by atoms with E-state index in [9.17, 15) is 29.4 Å². The lowest BCUT2D eigenvalue weighted by Crippen LogP contribution is -2.57. The summed E-state index contributed by atoms with van der Waals surface area (Å²) in [5, 5.41) is 37.0. The monoisotopic (exact) mass is 360 g/mol. The molecule has 1 fully saturated rings. The predicted octanol–water partition coefficient (Wildman–Crippen LogP) is -3.72. The molecule has 25 heavy (non-hydrogen) atoms. The van der Waals surface area contributed by atoms with E-state index in [2.05, 4.69) is 16.0 Å². The zero-order chi connectivity index (χ0) is 19.0. The third-order valence-electron chi connectivity index (χ3n) is 3.68. The smallest absolute Gasteiger partial charge is 0.328 e. The van der Waals surface area contributed by atoms with Crippen LogP contribution in [0, 0.1) is 0 Å². The standard InChI is InChI=1S/C14H24N4O7/c1-7(20)11(14(24)25)18-13(23)9(6-19)17-10(21)5-16-12(22)8-3-2-4-15-8/h7-9,11,15,19-20H,2-6H2,1H3,(H,16,22)(H,17,21)(H,18,23)(H,24,25). The largest absolute Gasteiger partial charge is 0.480 e. The van der Waals surface area contributed by atoms with Crippen molar-refractivity contribution in [2.24, 2.45) is 0 Å². The Morgan fingerprint density at radius 1 is 1.24 bits per heavy atom. The molecule has 0 aromatic heterocycles. The maximum atomic E-state index is 11.9. The number of aliphatic hydroxyl groups excluding tert-OH is 2. The maximum absolute atomic E-state index is 11.9. The third kappa shape index (κ3) is 6.64. The normalized spacial score (nSPS) is 20.2. The number of nitrogens with one attached hydrogen (secondary N) is 4. The molecule has 1 saturated heterocycles. The minimum Gasteiger partial charge on any atom is -0.480 e. The van der Waals surface area contributed by atoms with Gasteiger partial charge in [0.1, 0.15) is 6.04 Å². The number of aliphatic carboxylic acids is 1. The highest BCUT2D eigenvalue weighted by Crippen LogP contribution is 2.04. The Morgan fingerprint density at radius 2 is 1.92 bits per heavy atom. The van der Waals surface area contributed by atoms with Crippen LogP contribution in [0.3, 0.4) is 0 Å². The van der Waals surface area contributed by atoms with Gasteiger partial charge >= 0.3 is 5.97 Å². The van der Waals surface area contributed by atoms with E-state index in [0.717, 1.165) is 13.0 Å². The van der Waals surface area contributed by atoms with Gasteiger partial charge in [0.05, 0.1) is 25.3 Å². The number of hydrogen-bond acceptors (Lipinski definition) is 7. The second kappa shape index (κ2) is 9.91. The van der Waals surface area contributed by atoms with Crippen molar-refractivity contribution in [1.82, 2.24) is 21.3 Å². The molecular formula is C14H24N4O7. The topological polar surface area (TPSA) is 177 Å². The molecule has 142 valence electrons. The number of carbonyl (C=O) groups excluding carboxylic acids is 3. The van der Waals surface area contributed by atoms with Gasteiger partial charge in [0, 0.05) is 0 Å². The van der Waals surface area contributed by atoms with E-state index >= 15 is 0 Å². The molecular weight excluding hydrogens is 336 g/mol. The first-order valence-electron chi connectivity index (χ1n) is 7.88. The van der Waals surface area contributed by atoms with E-state index in [1.807, 2.05) is 5.32 Å². The SMILES string of the molecule is CC(O)C(NC(=O)C(CO)NC(=O)CNC(=O)C1CCCN1)C(=O)O. The van der Waals surface area contributed by atoms with E-state index < -0.39 is 42.6 Å². The van der Waals surface area contributed by atoms with Crippen LogP contribution in [0.25, 0.3) is 0 Å². The second-order valence-electron chi connectivity index (χ2n) is 5.73. The second-order valence-corrected chi connectivity index (χ2v) is 5.73. The molecule has 3 amide bonds. The molecule has 1 aliphatic heterocycles. The first-order chi connectivity index (χ1) is 11.8. The van der Waals surface area contributed by atoms with Crippen molar-refractivity contribution in [1.29, 1.82) is 0 Å². The van der Waals surface area contributed by atoms with Gasteiger partial charge < -0.3 is 36.6 Å². The van der Waals surface area contributed by atoms with Crippen LogP contribution in [-0.2, 0) is 19.2 Å². The van der Waals surface area contributed by atoms with Crippen LogP contribution in [0.1, 0.15) is 19.8 Å². The summed E-state index contributed by atoms with van der Waals surface area (Å²) in [7, 11) is 0. The summed E-state index contributed by atoms with van der Waals surface area (Å²) in [6.07, 6.45) is 0.172. The van der Waals surface area contributed by atoms with Gasteiger partial charge in [0.25, 0.3) is 0 Å². The Kier molecular flexibility index (Phi) is 8.25. The van der Waals surface area contributed by atoms with Gasteiger partial charge in [-0.3, -0.25) is 14.4 Å². The van der Waals surface area contributed by atoms with Crippen LogP contribution in [0.15, 0.2) is 0 Å². The summed E-state index contributed by atoms with van der Waals surface area (Å²) < 4.78 is 0. The fourth-order valence-corrected chi connectivity index (χ4v) is 2.28. The molecule has 11 heteroatoms. The van der Waals surface area contributed by atoms with Crippen LogP contribution in [-0.4, -0.2) is 82.9 Å². The fourth-order valence-electron chi connectivity index (χ4n) is 2.28. The number of amides is 3. The van der Waals surface area contributed by atoms with Crippen molar-refractivity contribution in [3.8, 4) is 0 Å². The van der Waals surface area contributed by atoms with Crippen LogP contribution >= 0.6 is 0 Å². The predicted molar refractivity (Wildman–Crippen MR) is 84.3 cm³/mol. The van der Waals surface area contributed by atoms with Crippen molar-refractivity contribution < 1.29 is 34.5 Å². The number of carboxylic acids is 1. The summed E-state index contributed by atoms with van der Waals surface area (Å²) in [5.41, 5.74) is 0. The van der Waals surface area contributed by atoms with Gasteiger partial charge in [-0.1, -0.05) is 0 Å². The molecule has 7 N–H and O–H groups in total. The van der Waals surface area contributed by atoms with Gasteiger partial charge in [-0.15, -0.1) is 0 Å². The van der Waals surface area contributed by atoms with Crippen molar-refractivity contribution >= 4 is 23.7 Å². The molecule has 4 atom stereocenters. The minimum absolute atomic E-state index is 0.335. The van der Waals surface area contributed by atoms with E-state index in [-0.39, 0.29) is 18.5 Å². The van der Waals surface area contributed by atoms with Crippen LogP contribution in [0.4, 0.5) is 0 Å². The van der Waals surface area contributed by atoms with Gasteiger partial charge in [-0.2, -0.15) is 0 Å². The van der Waals surface area contributed by atoms with Gasteiger partial charge in [-0.05, 0) is 26.3 Å². The highest BCUT2D eigenvalue weighted by molar-refractivity contribution is 5.92. The van der Waals surface area contributed by atoms with Crippen LogP contribution in [0.5, 0.6) is 0 Å². The molecule has 0 aromatic rings. The van der Waals surface area contributed by atoms with E-state index in [0.29, 0.717) is 6.42 Å². The number of hydrogen-bond donors (Lipinski definition) is 7. The quantitative estimate of drug-likeness (QED) is 0.219. The van der Waals surface area contributed by atoms with Crippen molar-refractivity contribution in [2.75, 3.05) is 19.7 Å². The zero-order valence-corrected chi connectivity index (χ0v) is 13.8. The van der Waals surface area contributed by atoms with Gasteiger partial charge in [0.15, 0.2) is 6.04 Å². The first kappa shape index (κ1) is 20.8. The lowest BCUT2D eigenvalue weighted by atomic mass is 10.1. The van der Waals surface area contributed by atoms with E-state index in [1.165, 1.54) is 6.92 Å². The third-order valence-corrected chi connectivity index (χ3v) is 3.68. The lowest BCUT2D eigenvalue weighted by Gasteiger charge is -2.21. The summed E-state index contributed by atoms with van der Waals surface area (Å²) in [5.74, 6) is -3.47. The van der Waals surface area contributed by atoms with Crippen LogP contribution in [0.2, 0.25) is 0 Å². The molecule has 0 aliphatic carbocycles. The Bertz CT molecular complexity index is 505. The minimum atomic E-state index is -1.58. The number of aliphatic hydroxyl groups is 2. The Morgan fingerprint density at radius 3 is 2.40 bits per heavy atom. The maximum Gasteiger partial charge on any atom is 0.328 e. The number of carbonyl (C=O) groups is 4. The van der Waals surface area contributed by atoms with Crippen molar-refractivity contribution in [3.63, 3.8) is 0 Å². The molecule has 4 unspecified atom stereocenters. The average Bonchev–Trinajstić information content (AvgIpc) is 3.08. The molecule has 0 saturated carbocycles. The van der Waals surface area contributed by atoms with E-state index in [1.54, 1.807) is 0 Å². The van der Waals surface area contributed by atoms with Gasteiger partial charge in [0.2, 0.25) is 17.7 Å². The highest BCUT2D eigenvalue weighted by atomic mass is 16.4. The Labute approximate surface area is 144 Å². The van der Waals surface area contributed by atoms with Crippen LogP contribution < -0.4 is 21.3 Å². The number of carboxylic acid groups (broad SMARTS) is 1. The summed E-state index contributed by atoms with van der Waals surface area (Å²) >= 11 is 0. The summed E-state index contributed by atoms with van der Waals surface area (Å²) in [6, 6.07) is -3.34. The molecule has 0 aromatic carbocycles. The molecule has 1 rings (SSSR count). The molecule has 0 radical (unpaired) electrons. The highest BCUT2D eigenvalue weighted by Gasteiger charge is 2.29. The summed E-state index contributed by atoms with van der Waals surface area (Å²) in [6.45, 7) is 0.741. The van der Waals surface area contributed by atoms with Crippen molar-refractivity contribution in [2.45, 2.75) is 44.0 Å². The Hall–Kier alpha value is -2.24. The van der Waals surface area contributed by atoms with Gasteiger partial charge in [-0.25, -0.2) is 4.79 Å². The fraction of sp³-hybridized carbons (Fsp3) is 0.714. The Balaban J connectivity index is 2.47. The lowest BCUT2D eigenvalue weighted by molar-refractivity contribution is -0.145.